The van der Waals surface area contributed by atoms with Gasteiger partial charge < -0.3 is 9.47 Å². The number of aromatic amines is 1. The molecule has 6 nitrogen and oxygen atoms in total. The van der Waals surface area contributed by atoms with Crippen LogP contribution in [0.25, 0.3) is 0 Å². The number of ether oxygens (including phenoxy) is 2. The summed E-state index contributed by atoms with van der Waals surface area (Å²) in [5.41, 5.74) is -0.280. The summed E-state index contributed by atoms with van der Waals surface area (Å²) in [4.78, 5) is 25.3. The van der Waals surface area contributed by atoms with Crippen molar-refractivity contribution < 1.29 is 9.47 Å². The molecule has 0 saturated carbocycles. The highest BCUT2D eigenvalue weighted by atomic mass is 16.5. The van der Waals surface area contributed by atoms with E-state index in [0.717, 1.165) is 6.42 Å². The van der Waals surface area contributed by atoms with Gasteiger partial charge in [-0.1, -0.05) is 6.92 Å². The van der Waals surface area contributed by atoms with E-state index >= 15 is 0 Å². The standard InChI is InChI=1S/C12H18N2O4/c1-7-4-10(18-9(7)6-17-3)14-5-8(2)11(15)13-12(14)16/h5,7,9-10H,4,6H2,1-3H3,(H,13,15,16)/t7-,9+,10+/m0/s1. The predicted octanol–water partition coefficient (Wildman–Crippen LogP) is 0.415. The van der Waals surface area contributed by atoms with Gasteiger partial charge in [0.25, 0.3) is 5.56 Å². The summed E-state index contributed by atoms with van der Waals surface area (Å²) in [5.74, 6) is 0.314. The zero-order chi connectivity index (χ0) is 13.3. The lowest BCUT2D eigenvalue weighted by atomic mass is 10.0. The molecule has 3 atom stereocenters. The minimum Gasteiger partial charge on any atom is -0.382 e. The van der Waals surface area contributed by atoms with Gasteiger partial charge in [-0.2, -0.15) is 0 Å². The molecule has 1 N–H and O–H groups in total. The zero-order valence-corrected chi connectivity index (χ0v) is 10.8. The van der Waals surface area contributed by atoms with Gasteiger partial charge in [-0.15, -0.1) is 0 Å². The maximum absolute atomic E-state index is 11.7. The fraction of sp³-hybridized carbons (Fsp3) is 0.667. The topological polar surface area (TPSA) is 73.3 Å². The van der Waals surface area contributed by atoms with Crippen molar-refractivity contribution in [1.29, 1.82) is 0 Å². The van der Waals surface area contributed by atoms with Crippen molar-refractivity contribution in [3.8, 4) is 0 Å². The number of H-pyrrole nitrogens is 1. The fourth-order valence-electron chi connectivity index (χ4n) is 2.21. The van der Waals surface area contributed by atoms with E-state index in [1.807, 2.05) is 0 Å². The van der Waals surface area contributed by atoms with Gasteiger partial charge in [0.1, 0.15) is 6.23 Å². The summed E-state index contributed by atoms with van der Waals surface area (Å²) in [6, 6.07) is 0. The van der Waals surface area contributed by atoms with Crippen LogP contribution in [0, 0.1) is 12.8 Å². The monoisotopic (exact) mass is 254 g/mol. The first-order chi connectivity index (χ1) is 8.52. The van der Waals surface area contributed by atoms with E-state index in [0.29, 0.717) is 18.1 Å². The second-order valence-electron chi connectivity index (χ2n) is 4.78. The van der Waals surface area contributed by atoms with Crippen LogP contribution in [0.4, 0.5) is 0 Å². The number of rotatable bonds is 3. The Morgan fingerprint density at radius 1 is 1.56 bits per heavy atom. The third kappa shape index (κ3) is 2.39. The molecule has 2 rings (SSSR count). The number of nitrogens with one attached hydrogen (secondary N) is 1. The summed E-state index contributed by atoms with van der Waals surface area (Å²) in [6.07, 6.45) is 1.94. The molecule has 1 aromatic heterocycles. The summed E-state index contributed by atoms with van der Waals surface area (Å²) in [5, 5.41) is 0. The summed E-state index contributed by atoms with van der Waals surface area (Å²) >= 11 is 0. The second-order valence-corrected chi connectivity index (χ2v) is 4.78. The van der Waals surface area contributed by atoms with E-state index in [-0.39, 0.29) is 17.9 Å². The third-order valence-electron chi connectivity index (χ3n) is 3.33. The molecule has 6 heteroatoms. The molecule has 1 aliphatic rings. The molecule has 0 radical (unpaired) electrons. The van der Waals surface area contributed by atoms with Crippen LogP contribution < -0.4 is 11.2 Å². The summed E-state index contributed by atoms with van der Waals surface area (Å²) < 4.78 is 12.3. The highest BCUT2D eigenvalue weighted by molar-refractivity contribution is 5.01. The first kappa shape index (κ1) is 13.0. The van der Waals surface area contributed by atoms with Crippen molar-refractivity contribution in [2.24, 2.45) is 5.92 Å². The van der Waals surface area contributed by atoms with Crippen LogP contribution in [-0.4, -0.2) is 29.4 Å². The molecule has 18 heavy (non-hydrogen) atoms. The number of methoxy groups -OCH3 is 1. The van der Waals surface area contributed by atoms with Gasteiger partial charge in [0.05, 0.1) is 12.7 Å². The molecule has 0 amide bonds. The molecule has 0 spiro atoms. The Balaban J connectivity index is 2.26. The van der Waals surface area contributed by atoms with Gasteiger partial charge in [0.2, 0.25) is 0 Å². The summed E-state index contributed by atoms with van der Waals surface area (Å²) in [7, 11) is 1.62. The van der Waals surface area contributed by atoms with Crippen LogP contribution >= 0.6 is 0 Å². The van der Waals surface area contributed by atoms with Crippen LogP contribution in [0.2, 0.25) is 0 Å². The van der Waals surface area contributed by atoms with Crippen molar-refractivity contribution in [2.45, 2.75) is 32.6 Å². The predicted molar refractivity (Wildman–Crippen MR) is 65.6 cm³/mol. The van der Waals surface area contributed by atoms with E-state index in [4.69, 9.17) is 9.47 Å². The lowest BCUT2D eigenvalue weighted by molar-refractivity contribution is -0.0405. The van der Waals surface area contributed by atoms with Gasteiger partial charge in [0.15, 0.2) is 0 Å². The molecule has 1 aliphatic heterocycles. The number of hydrogen-bond donors (Lipinski definition) is 1. The molecule has 2 heterocycles. The van der Waals surface area contributed by atoms with E-state index in [9.17, 15) is 9.59 Å². The average molecular weight is 254 g/mol. The normalized spacial score (nSPS) is 27.6. The molecule has 0 bridgehead atoms. The Morgan fingerprint density at radius 3 is 2.94 bits per heavy atom. The SMILES string of the molecule is COC[C@H]1O[C@@H](n2cc(C)c(=O)[nH]c2=O)C[C@@H]1C. The highest BCUT2D eigenvalue weighted by Gasteiger charge is 2.33. The number of aryl methyl sites for hydroxylation is 1. The Hall–Kier alpha value is -1.40. The van der Waals surface area contributed by atoms with E-state index in [1.54, 1.807) is 20.2 Å². The van der Waals surface area contributed by atoms with Crippen molar-refractivity contribution in [1.82, 2.24) is 9.55 Å². The molecule has 0 unspecified atom stereocenters. The molecule has 1 fully saturated rings. The quantitative estimate of drug-likeness (QED) is 0.848. The first-order valence-electron chi connectivity index (χ1n) is 5.99. The van der Waals surface area contributed by atoms with Gasteiger partial charge in [0, 0.05) is 18.9 Å². The molecule has 1 saturated heterocycles. The van der Waals surface area contributed by atoms with Crippen molar-refractivity contribution in [2.75, 3.05) is 13.7 Å². The van der Waals surface area contributed by atoms with Gasteiger partial charge in [-0.25, -0.2) is 4.79 Å². The van der Waals surface area contributed by atoms with Crippen LogP contribution in [0.3, 0.4) is 0 Å². The third-order valence-corrected chi connectivity index (χ3v) is 3.33. The Kier molecular flexibility index (Phi) is 3.68. The van der Waals surface area contributed by atoms with E-state index in [1.165, 1.54) is 4.57 Å². The van der Waals surface area contributed by atoms with E-state index in [2.05, 4.69) is 11.9 Å². The van der Waals surface area contributed by atoms with Gasteiger partial charge in [-0.3, -0.25) is 14.3 Å². The first-order valence-corrected chi connectivity index (χ1v) is 5.99. The molecule has 0 aromatic carbocycles. The maximum atomic E-state index is 11.7. The largest absolute Gasteiger partial charge is 0.382 e. The van der Waals surface area contributed by atoms with Crippen LogP contribution in [0.1, 0.15) is 25.1 Å². The molecular formula is C12H18N2O4. The zero-order valence-electron chi connectivity index (χ0n) is 10.8. The number of hydrogen-bond acceptors (Lipinski definition) is 4. The lowest BCUT2D eigenvalue weighted by Crippen LogP contribution is -2.33. The summed E-state index contributed by atoms with van der Waals surface area (Å²) in [6.45, 7) is 4.24. The van der Waals surface area contributed by atoms with Crippen LogP contribution in [0.15, 0.2) is 15.8 Å². The van der Waals surface area contributed by atoms with E-state index < -0.39 is 5.69 Å². The lowest BCUT2D eigenvalue weighted by Gasteiger charge is -2.16. The minimum atomic E-state index is -0.430. The van der Waals surface area contributed by atoms with Gasteiger partial charge >= 0.3 is 5.69 Å². The maximum Gasteiger partial charge on any atom is 0.330 e. The Bertz CT molecular complexity index is 534. The van der Waals surface area contributed by atoms with Crippen molar-refractivity contribution >= 4 is 0 Å². The highest BCUT2D eigenvalue weighted by Crippen LogP contribution is 2.32. The number of nitrogens with zero attached hydrogens (tertiary/aromatic N) is 1. The minimum absolute atomic E-state index is 0.0147. The average Bonchev–Trinajstić information content (AvgIpc) is 2.66. The molecule has 0 aliphatic carbocycles. The molecule has 1 aromatic rings. The van der Waals surface area contributed by atoms with Crippen LogP contribution in [-0.2, 0) is 9.47 Å². The fourth-order valence-corrected chi connectivity index (χ4v) is 2.21. The number of aromatic nitrogens is 2. The smallest absolute Gasteiger partial charge is 0.330 e. The Labute approximate surface area is 105 Å². The molecular weight excluding hydrogens is 236 g/mol. The molecule has 100 valence electrons. The Morgan fingerprint density at radius 2 is 2.28 bits per heavy atom. The van der Waals surface area contributed by atoms with Crippen molar-refractivity contribution in [3.63, 3.8) is 0 Å². The van der Waals surface area contributed by atoms with Gasteiger partial charge in [-0.05, 0) is 19.3 Å². The van der Waals surface area contributed by atoms with Crippen molar-refractivity contribution in [3.05, 3.63) is 32.6 Å². The van der Waals surface area contributed by atoms with Crippen LogP contribution in [0.5, 0.6) is 0 Å². The second kappa shape index (κ2) is 5.07.